The van der Waals surface area contributed by atoms with Crippen LogP contribution in [0, 0.1) is 12.7 Å². The van der Waals surface area contributed by atoms with E-state index in [1.807, 2.05) is 6.92 Å². The normalized spacial score (nSPS) is 10.6. The van der Waals surface area contributed by atoms with E-state index in [-0.39, 0.29) is 17.5 Å². The molecule has 0 saturated carbocycles. The maximum atomic E-state index is 13.1. The quantitative estimate of drug-likeness (QED) is 0.805. The number of hydrogen-bond donors (Lipinski definition) is 2. The Labute approximate surface area is 126 Å². The molecular formula is C14H17FN4OS. The number of aromatic nitrogens is 3. The molecule has 0 atom stereocenters. The molecule has 112 valence electrons. The van der Waals surface area contributed by atoms with E-state index in [1.165, 1.54) is 23.9 Å². The predicted molar refractivity (Wildman–Crippen MR) is 80.9 cm³/mol. The molecule has 0 spiro atoms. The first-order chi connectivity index (χ1) is 10.1. The molecule has 2 rings (SSSR count). The highest BCUT2D eigenvalue weighted by molar-refractivity contribution is 7.99. The molecule has 0 fully saturated rings. The van der Waals surface area contributed by atoms with Gasteiger partial charge >= 0.3 is 0 Å². The number of benzene rings is 1. The number of halogens is 1. The first-order valence-electron chi connectivity index (χ1n) is 6.68. The largest absolute Gasteiger partial charge is 0.325 e. The summed E-state index contributed by atoms with van der Waals surface area (Å²) >= 11 is 1.25. The molecule has 1 amide bonds. The second-order valence-corrected chi connectivity index (χ2v) is 5.55. The summed E-state index contributed by atoms with van der Waals surface area (Å²) in [5.74, 6) is 0.415. The number of anilines is 1. The van der Waals surface area contributed by atoms with Crippen molar-refractivity contribution in [2.45, 2.75) is 31.8 Å². The van der Waals surface area contributed by atoms with Gasteiger partial charge in [0.2, 0.25) is 11.1 Å². The summed E-state index contributed by atoms with van der Waals surface area (Å²) in [5.41, 5.74) is 1.31. The topological polar surface area (TPSA) is 70.7 Å². The molecule has 7 heteroatoms. The molecule has 2 N–H and O–H groups in total. The van der Waals surface area contributed by atoms with Crippen LogP contribution < -0.4 is 5.32 Å². The predicted octanol–water partition coefficient (Wildman–Crippen LogP) is 2.94. The van der Waals surface area contributed by atoms with Crippen LogP contribution in [0.15, 0.2) is 23.4 Å². The van der Waals surface area contributed by atoms with Crippen molar-refractivity contribution in [2.24, 2.45) is 0 Å². The third kappa shape index (κ3) is 4.56. The summed E-state index contributed by atoms with van der Waals surface area (Å²) < 4.78 is 13.1. The Balaban J connectivity index is 1.88. The van der Waals surface area contributed by atoms with Crippen molar-refractivity contribution >= 4 is 23.4 Å². The van der Waals surface area contributed by atoms with Gasteiger partial charge in [-0.3, -0.25) is 9.89 Å². The minimum atomic E-state index is -0.373. The summed E-state index contributed by atoms with van der Waals surface area (Å²) in [6, 6.07) is 4.30. The molecule has 0 saturated heterocycles. The molecule has 1 heterocycles. The molecule has 0 radical (unpaired) electrons. The lowest BCUT2D eigenvalue weighted by Crippen LogP contribution is -2.15. The number of carbonyl (C=O) groups excluding carboxylic acids is 1. The van der Waals surface area contributed by atoms with Crippen molar-refractivity contribution in [3.05, 3.63) is 35.4 Å². The van der Waals surface area contributed by atoms with Crippen LogP contribution in [0.1, 0.15) is 24.7 Å². The number of H-pyrrole nitrogens is 1. The average Bonchev–Trinajstić information content (AvgIpc) is 2.89. The highest BCUT2D eigenvalue weighted by atomic mass is 32.2. The first-order valence-corrected chi connectivity index (χ1v) is 7.67. The van der Waals surface area contributed by atoms with Crippen LogP contribution in [-0.2, 0) is 11.2 Å². The van der Waals surface area contributed by atoms with E-state index in [4.69, 9.17) is 0 Å². The molecule has 0 unspecified atom stereocenters. The number of nitrogens with zero attached hydrogens (tertiary/aromatic N) is 2. The summed E-state index contributed by atoms with van der Waals surface area (Å²) in [4.78, 5) is 16.1. The van der Waals surface area contributed by atoms with E-state index in [0.29, 0.717) is 10.8 Å². The number of nitrogens with one attached hydrogen (secondary N) is 2. The molecule has 5 nitrogen and oxygen atoms in total. The number of hydrogen-bond acceptors (Lipinski definition) is 4. The maximum absolute atomic E-state index is 13.1. The summed E-state index contributed by atoms with van der Waals surface area (Å²) in [7, 11) is 0. The summed E-state index contributed by atoms with van der Waals surface area (Å²) in [6.07, 6.45) is 1.82. The third-order valence-electron chi connectivity index (χ3n) is 2.80. The fraction of sp³-hybridized carbons (Fsp3) is 0.357. The van der Waals surface area contributed by atoms with E-state index in [9.17, 15) is 9.18 Å². The molecule has 0 bridgehead atoms. The second kappa shape index (κ2) is 7.21. The lowest BCUT2D eigenvalue weighted by Gasteiger charge is -2.07. The zero-order valence-electron chi connectivity index (χ0n) is 11.9. The van der Waals surface area contributed by atoms with Gasteiger partial charge in [0.1, 0.15) is 11.6 Å². The Hall–Kier alpha value is -1.89. The van der Waals surface area contributed by atoms with Gasteiger partial charge in [0, 0.05) is 12.1 Å². The van der Waals surface area contributed by atoms with E-state index >= 15 is 0 Å². The van der Waals surface area contributed by atoms with Crippen molar-refractivity contribution in [3.8, 4) is 0 Å². The van der Waals surface area contributed by atoms with Crippen molar-refractivity contribution in [3.63, 3.8) is 0 Å². The highest BCUT2D eigenvalue weighted by Gasteiger charge is 2.09. The number of carbonyl (C=O) groups is 1. The van der Waals surface area contributed by atoms with Gasteiger partial charge in [-0.15, -0.1) is 5.10 Å². The molecule has 0 aliphatic carbocycles. The fourth-order valence-corrected chi connectivity index (χ4v) is 2.35. The van der Waals surface area contributed by atoms with Crippen molar-refractivity contribution in [2.75, 3.05) is 11.1 Å². The third-order valence-corrected chi connectivity index (χ3v) is 3.65. The second-order valence-electron chi connectivity index (χ2n) is 4.61. The maximum Gasteiger partial charge on any atom is 0.234 e. The molecule has 0 aliphatic heterocycles. The zero-order chi connectivity index (χ0) is 15.2. The monoisotopic (exact) mass is 308 g/mol. The highest BCUT2D eigenvalue weighted by Crippen LogP contribution is 2.18. The van der Waals surface area contributed by atoms with Crippen LogP contribution in [0.4, 0.5) is 10.1 Å². The Morgan fingerprint density at radius 1 is 1.48 bits per heavy atom. The van der Waals surface area contributed by atoms with Crippen molar-refractivity contribution in [1.29, 1.82) is 0 Å². The van der Waals surface area contributed by atoms with Gasteiger partial charge in [0.25, 0.3) is 0 Å². The van der Waals surface area contributed by atoms with Crippen LogP contribution in [0.25, 0.3) is 0 Å². The van der Waals surface area contributed by atoms with Gasteiger partial charge < -0.3 is 5.32 Å². The van der Waals surface area contributed by atoms with Gasteiger partial charge in [-0.05, 0) is 31.0 Å². The van der Waals surface area contributed by atoms with Crippen molar-refractivity contribution in [1.82, 2.24) is 15.2 Å². The first kappa shape index (κ1) is 15.5. The van der Waals surface area contributed by atoms with E-state index in [2.05, 4.69) is 27.4 Å². The number of thioether (sulfide) groups is 1. The number of rotatable bonds is 6. The smallest absolute Gasteiger partial charge is 0.234 e. The zero-order valence-corrected chi connectivity index (χ0v) is 12.8. The SMILES string of the molecule is CCCc1nc(SCC(=O)Nc2cc(F)ccc2C)n[nH]1. The Morgan fingerprint density at radius 3 is 3.05 bits per heavy atom. The van der Waals surface area contributed by atoms with Gasteiger partial charge in [-0.25, -0.2) is 9.37 Å². The Bertz CT molecular complexity index is 629. The van der Waals surface area contributed by atoms with Crippen LogP contribution in [0.2, 0.25) is 0 Å². The van der Waals surface area contributed by atoms with E-state index < -0.39 is 0 Å². The number of aryl methyl sites for hydroxylation is 2. The molecule has 21 heavy (non-hydrogen) atoms. The summed E-state index contributed by atoms with van der Waals surface area (Å²) in [5, 5.41) is 10.1. The fourth-order valence-electron chi connectivity index (χ4n) is 1.74. The lowest BCUT2D eigenvalue weighted by atomic mass is 10.2. The van der Waals surface area contributed by atoms with Gasteiger partial charge in [0.05, 0.1) is 5.75 Å². The van der Waals surface area contributed by atoms with E-state index in [1.54, 1.807) is 6.07 Å². The summed E-state index contributed by atoms with van der Waals surface area (Å²) in [6.45, 7) is 3.87. The Morgan fingerprint density at radius 2 is 2.29 bits per heavy atom. The van der Waals surface area contributed by atoms with Crippen molar-refractivity contribution < 1.29 is 9.18 Å². The van der Waals surface area contributed by atoms with Gasteiger partial charge in [0.15, 0.2) is 0 Å². The van der Waals surface area contributed by atoms with E-state index in [0.717, 1.165) is 24.2 Å². The van der Waals surface area contributed by atoms with Crippen LogP contribution in [0.3, 0.4) is 0 Å². The van der Waals surface area contributed by atoms with Crippen LogP contribution >= 0.6 is 11.8 Å². The molecule has 1 aromatic carbocycles. The minimum absolute atomic E-state index is 0.180. The molecular weight excluding hydrogens is 291 g/mol. The number of amides is 1. The van der Waals surface area contributed by atoms with Crippen LogP contribution in [-0.4, -0.2) is 26.8 Å². The Kier molecular flexibility index (Phi) is 5.32. The standard InChI is InChI=1S/C14H17FN4OS/c1-3-4-12-17-14(19-18-12)21-8-13(20)16-11-7-10(15)6-5-9(11)2/h5-7H,3-4,8H2,1-2H3,(H,16,20)(H,17,18,19). The lowest BCUT2D eigenvalue weighted by molar-refractivity contribution is -0.113. The van der Waals surface area contributed by atoms with Gasteiger partial charge in [-0.1, -0.05) is 24.8 Å². The molecule has 1 aromatic heterocycles. The molecule has 2 aromatic rings. The van der Waals surface area contributed by atoms with Gasteiger partial charge in [-0.2, -0.15) is 0 Å². The number of aromatic amines is 1. The average molecular weight is 308 g/mol. The molecule has 0 aliphatic rings. The minimum Gasteiger partial charge on any atom is -0.325 e. The van der Waals surface area contributed by atoms with Crippen LogP contribution in [0.5, 0.6) is 0 Å².